The summed E-state index contributed by atoms with van der Waals surface area (Å²) in [5.74, 6) is -0.553. The van der Waals surface area contributed by atoms with Gasteiger partial charge in [0.25, 0.3) is 0 Å². The van der Waals surface area contributed by atoms with Gasteiger partial charge in [-0.2, -0.15) is 0 Å². The van der Waals surface area contributed by atoms with Crippen LogP contribution in [0.3, 0.4) is 0 Å². The Morgan fingerprint density at radius 3 is 1.95 bits per heavy atom. The van der Waals surface area contributed by atoms with E-state index in [0.717, 1.165) is 6.42 Å². The number of hydrogen-bond donors (Lipinski definition) is 2. The molecule has 0 fully saturated rings. The average Bonchev–Trinajstić information content (AvgIpc) is 2.31. The van der Waals surface area contributed by atoms with Gasteiger partial charge in [-0.15, -0.1) is 0 Å². The van der Waals surface area contributed by atoms with Crippen LogP contribution in [0, 0.1) is 17.8 Å². The SMILES string of the molecule is CC(C)CC(CNC(=O)N(C)C(C)CC(C)C)C(=O)O. The molecular weight excluding hydrogens is 256 g/mol. The van der Waals surface area contributed by atoms with Gasteiger partial charge in [-0.25, -0.2) is 4.79 Å². The molecule has 2 atom stereocenters. The first-order chi connectivity index (χ1) is 9.15. The van der Waals surface area contributed by atoms with Crippen molar-refractivity contribution in [3.8, 4) is 0 Å². The molecule has 0 heterocycles. The predicted molar refractivity (Wildman–Crippen MR) is 80.7 cm³/mol. The summed E-state index contributed by atoms with van der Waals surface area (Å²) in [6.07, 6.45) is 1.50. The zero-order valence-corrected chi connectivity index (χ0v) is 13.6. The second-order valence-corrected chi connectivity index (χ2v) is 6.44. The second kappa shape index (κ2) is 8.82. The molecule has 0 aromatic heterocycles. The lowest BCUT2D eigenvalue weighted by molar-refractivity contribution is -0.142. The van der Waals surface area contributed by atoms with Crippen LogP contribution >= 0.6 is 0 Å². The van der Waals surface area contributed by atoms with Gasteiger partial charge in [0.15, 0.2) is 0 Å². The Hall–Kier alpha value is -1.26. The van der Waals surface area contributed by atoms with Crippen molar-refractivity contribution in [1.29, 1.82) is 0 Å². The van der Waals surface area contributed by atoms with Gasteiger partial charge in [0.05, 0.1) is 5.92 Å². The van der Waals surface area contributed by atoms with Crippen molar-refractivity contribution in [1.82, 2.24) is 10.2 Å². The normalized spacial score (nSPS) is 14.2. The maximum Gasteiger partial charge on any atom is 0.317 e. The van der Waals surface area contributed by atoms with E-state index in [1.54, 1.807) is 11.9 Å². The van der Waals surface area contributed by atoms with Crippen molar-refractivity contribution in [2.24, 2.45) is 17.8 Å². The molecule has 0 spiro atoms. The van der Waals surface area contributed by atoms with Gasteiger partial charge in [0.2, 0.25) is 0 Å². The Morgan fingerprint density at radius 1 is 1.05 bits per heavy atom. The van der Waals surface area contributed by atoms with Crippen LogP contribution in [-0.4, -0.2) is 41.6 Å². The molecule has 2 N–H and O–H groups in total. The lowest BCUT2D eigenvalue weighted by atomic mass is 9.97. The third kappa shape index (κ3) is 7.36. The van der Waals surface area contributed by atoms with E-state index in [9.17, 15) is 9.59 Å². The molecule has 0 saturated heterocycles. The van der Waals surface area contributed by atoms with Crippen LogP contribution < -0.4 is 5.32 Å². The van der Waals surface area contributed by atoms with Gasteiger partial charge in [-0.1, -0.05) is 27.7 Å². The lowest BCUT2D eigenvalue weighted by Gasteiger charge is -2.27. The quantitative estimate of drug-likeness (QED) is 0.721. The van der Waals surface area contributed by atoms with Crippen LogP contribution in [0.25, 0.3) is 0 Å². The van der Waals surface area contributed by atoms with Crippen LogP contribution in [0.5, 0.6) is 0 Å². The van der Waals surface area contributed by atoms with Crippen LogP contribution in [0.15, 0.2) is 0 Å². The summed E-state index contributed by atoms with van der Waals surface area (Å²) >= 11 is 0. The van der Waals surface area contributed by atoms with Gasteiger partial charge >= 0.3 is 12.0 Å². The number of carbonyl (C=O) groups is 2. The van der Waals surface area contributed by atoms with E-state index >= 15 is 0 Å². The maximum atomic E-state index is 12.0. The summed E-state index contributed by atoms with van der Waals surface area (Å²) in [5.41, 5.74) is 0. The summed E-state index contributed by atoms with van der Waals surface area (Å²) in [4.78, 5) is 24.8. The number of nitrogens with zero attached hydrogens (tertiary/aromatic N) is 1. The summed E-state index contributed by atoms with van der Waals surface area (Å²) in [7, 11) is 1.75. The molecule has 0 aliphatic carbocycles. The largest absolute Gasteiger partial charge is 0.481 e. The van der Waals surface area contributed by atoms with Crippen LogP contribution in [0.1, 0.15) is 47.5 Å². The number of amides is 2. The molecule has 118 valence electrons. The Morgan fingerprint density at radius 2 is 1.55 bits per heavy atom. The minimum Gasteiger partial charge on any atom is -0.481 e. The first kappa shape index (κ1) is 18.7. The third-order valence-electron chi connectivity index (χ3n) is 3.40. The highest BCUT2D eigenvalue weighted by molar-refractivity contribution is 5.76. The van der Waals surface area contributed by atoms with Crippen molar-refractivity contribution in [3.63, 3.8) is 0 Å². The van der Waals surface area contributed by atoms with Crippen molar-refractivity contribution in [2.45, 2.75) is 53.5 Å². The monoisotopic (exact) mass is 286 g/mol. The topological polar surface area (TPSA) is 69.6 Å². The molecule has 5 nitrogen and oxygen atoms in total. The second-order valence-electron chi connectivity index (χ2n) is 6.44. The average molecular weight is 286 g/mol. The lowest BCUT2D eigenvalue weighted by Crippen LogP contribution is -2.45. The van der Waals surface area contributed by atoms with Crippen molar-refractivity contribution in [2.75, 3.05) is 13.6 Å². The first-order valence-electron chi connectivity index (χ1n) is 7.38. The van der Waals surface area contributed by atoms with Crippen LogP contribution in [0.2, 0.25) is 0 Å². The van der Waals surface area contributed by atoms with Crippen LogP contribution in [0.4, 0.5) is 4.79 Å². The summed E-state index contributed by atoms with van der Waals surface area (Å²) in [6.45, 7) is 10.4. The van der Waals surface area contributed by atoms with E-state index in [4.69, 9.17) is 5.11 Å². The molecule has 0 radical (unpaired) electrons. The van der Waals surface area contributed by atoms with Crippen LogP contribution in [-0.2, 0) is 4.79 Å². The number of carboxylic acid groups (broad SMARTS) is 1. The highest BCUT2D eigenvalue weighted by Gasteiger charge is 2.22. The highest BCUT2D eigenvalue weighted by Crippen LogP contribution is 2.12. The van der Waals surface area contributed by atoms with Gasteiger partial charge in [-0.05, 0) is 31.6 Å². The van der Waals surface area contributed by atoms with Gasteiger partial charge in [0, 0.05) is 19.6 Å². The standard InChI is InChI=1S/C15H30N2O3/c1-10(2)7-12(5)17(6)15(20)16-9-13(14(18)19)8-11(3)4/h10-13H,7-9H2,1-6H3,(H,16,20)(H,18,19). The van der Waals surface area contributed by atoms with E-state index in [-0.39, 0.29) is 18.6 Å². The van der Waals surface area contributed by atoms with Crippen molar-refractivity contribution < 1.29 is 14.7 Å². The maximum absolute atomic E-state index is 12.0. The summed E-state index contributed by atoms with van der Waals surface area (Å²) < 4.78 is 0. The van der Waals surface area contributed by atoms with E-state index in [2.05, 4.69) is 19.2 Å². The molecule has 5 heteroatoms. The molecule has 2 amide bonds. The Balaban J connectivity index is 4.33. The Kier molecular flexibility index (Phi) is 8.26. The number of aliphatic carboxylic acids is 1. The smallest absolute Gasteiger partial charge is 0.317 e. The number of carboxylic acids is 1. The van der Waals surface area contributed by atoms with E-state index in [1.807, 2.05) is 20.8 Å². The van der Waals surface area contributed by atoms with Gasteiger partial charge < -0.3 is 15.3 Å². The van der Waals surface area contributed by atoms with Crippen molar-refractivity contribution >= 4 is 12.0 Å². The molecule has 2 unspecified atom stereocenters. The van der Waals surface area contributed by atoms with E-state index < -0.39 is 11.9 Å². The molecular formula is C15H30N2O3. The number of hydrogen-bond acceptors (Lipinski definition) is 2. The molecule has 0 aliphatic heterocycles. The minimum absolute atomic E-state index is 0.142. The minimum atomic E-state index is -0.850. The molecule has 0 aromatic rings. The number of rotatable bonds is 8. The number of urea groups is 1. The predicted octanol–water partition coefficient (Wildman–Crippen LogP) is 2.81. The molecule has 0 rings (SSSR count). The molecule has 20 heavy (non-hydrogen) atoms. The zero-order chi connectivity index (χ0) is 15.9. The molecule has 0 aliphatic rings. The van der Waals surface area contributed by atoms with Crippen molar-refractivity contribution in [3.05, 3.63) is 0 Å². The number of nitrogens with one attached hydrogen (secondary N) is 1. The van der Waals surface area contributed by atoms with E-state index in [0.29, 0.717) is 18.3 Å². The van der Waals surface area contributed by atoms with Gasteiger partial charge in [0.1, 0.15) is 0 Å². The Bertz CT molecular complexity index is 316. The molecule has 0 aromatic carbocycles. The Labute approximate surface area is 122 Å². The fourth-order valence-corrected chi connectivity index (χ4v) is 2.22. The summed E-state index contributed by atoms with van der Waals surface area (Å²) in [5, 5.41) is 11.9. The molecule has 0 bridgehead atoms. The first-order valence-corrected chi connectivity index (χ1v) is 7.38. The summed E-state index contributed by atoms with van der Waals surface area (Å²) in [6, 6.07) is -0.0588. The van der Waals surface area contributed by atoms with Gasteiger partial charge in [-0.3, -0.25) is 4.79 Å². The molecule has 0 saturated carbocycles. The fourth-order valence-electron chi connectivity index (χ4n) is 2.22. The zero-order valence-electron chi connectivity index (χ0n) is 13.6. The third-order valence-corrected chi connectivity index (χ3v) is 3.40. The highest BCUT2D eigenvalue weighted by atomic mass is 16.4. The van der Waals surface area contributed by atoms with E-state index in [1.165, 1.54) is 0 Å². The fraction of sp³-hybridized carbons (Fsp3) is 0.867. The number of carbonyl (C=O) groups excluding carboxylic acids is 1.